The lowest BCUT2D eigenvalue weighted by atomic mass is 9.98. The Kier molecular flexibility index (Phi) is 4.57. The van der Waals surface area contributed by atoms with Crippen LogP contribution in [0.5, 0.6) is 11.5 Å². The number of aromatic amines is 1. The third-order valence-electron chi connectivity index (χ3n) is 5.20. The average Bonchev–Trinajstić information content (AvgIpc) is 3.34. The lowest BCUT2D eigenvalue weighted by Gasteiger charge is -2.18. The van der Waals surface area contributed by atoms with Crippen molar-refractivity contribution in [2.45, 2.75) is 17.2 Å². The molecule has 0 saturated carbocycles. The van der Waals surface area contributed by atoms with Crippen molar-refractivity contribution in [1.29, 1.82) is 0 Å². The van der Waals surface area contributed by atoms with Crippen LogP contribution in [0.15, 0.2) is 53.6 Å². The summed E-state index contributed by atoms with van der Waals surface area (Å²) in [6, 6.07) is 12.8. The summed E-state index contributed by atoms with van der Waals surface area (Å²) >= 11 is 0. The van der Waals surface area contributed by atoms with Gasteiger partial charge in [-0.25, -0.2) is 8.42 Å². The number of nitrogens with zero attached hydrogens (tertiary/aromatic N) is 1. The van der Waals surface area contributed by atoms with E-state index >= 15 is 0 Å². The molecule has 1 aliphatic rings. The van der Waals surface area contributed by atoms with Gasteiger partial charge < -0.3 is 14.5 Å². The van der Waals surface area contributed by atoms with Gasteiger partial charge in [0.05, 0.1) is 19.1 Å². The van der Waals surface area contributed by atoms with Gasteiger partial charge in [-0.15, -0.1) is 0 Å². The van der Waals surface area contributed by atoms with Crippen molar-refractivity contribution in [3.05, 3.63) is 54.2 Å². The molecule has 1 unspecified atom stereocenters. The van der Waals surface area contributed by atoms with Crippen molar-refractivity contribution in [1.82, 2.24) is 9.29 Å². The fraction of sp³-hybridized carbons (Fsp3) is 0.300. The first kappa shape index (κ1) is 17.9. The minimum absolute atomic E-state index is 0.177. The van der Waals surface area contributed by atoms with Crippen LogP contribution in [0.2, 0.25) is 0 Å². The Morgan fingerprint density at radius 3 is 2.63 bits per heavy atom. The Morgan fingerprint density at radius 1 is 1.07 bits per heavy atom. The number of para-hydroxylation sites is 1. The summed E-state index contributed by atoms with van der Waals surface area (Å²) in [7, 11) is -0.563. The van der Waals surface area contributed by atoms with Gasteiger partial charge >= 0.3 is 0 Å². The zero-order chi connectivity index (χ0) is 19.0. The summed E-state index contributed by atoms with van der Waals surface area (Å²) < 4.78 is 38.2. The van der Waals surface area contributed by atoms with E-state index < -0.39 is 10.0 Å². The number of aromatic nitrogens is 1. The van der Waals surface area contributed by atoms with Crippen molar-refractivity contribution in [2.75, 3.05) is 27.3 Å². The van der Waals surface area contributed by atoms with Crippen molar-refractivity contribution >= 4 is 20.9 Å². The number of methoxy groups -OCH3 is 2. The average molecular weight is 386 g/mol. The number of ether oxygens (including phenoxy) is 2. The lowest BCUT2D eigenvalue weighted by molar-refractivity contribution is 0.353. The number of hydrogen-bond acceptors (Lipinski definition) is 4. The van der Waals surface area contributed by atoms with Crippen LogP contribution < -0.4 is 9.47 Å². The lowest BCUT2D eigenvalue weighted by Crippen LogP contribution is -2.28. The molecular formula is C20H22N2O4S. The SMILES string of the molecule is COc1ccc(S(=O)(=O)N2CCC(c3c[nH]c4ccccc34)C2)cc1OC. The largest absolute Gasteiger partial charge is 0.493 e. The van der Waals surface area contributed by atoms with Gasteiger partial charge in [0.2, 0.25) is 10.0 Å². The quantitative estimate of drug-likeness (QED) is 0.730. The molecule has 1 atom stereocenters. The number of H-pyrrole nitrogens is 1. The molecule has 142 valence electrons. The maximum atomic E-state index is 13.1. The molecule has 6 nitrogen and oxygen atoms in total. The zero-order valence-corrected chi connectivity index (χ0v) is 16.1. The highest BCUT2D eigenvalue weighted by atomic mass is 32.2. The molecule has 4 rings (SSSR count). The number of fused-ring (bicyclic) bond motifs is 1. The molecule has 1 fully saturated rings. The number of sulfonamides is 1. The molecule has 3 aromatic rings. The predicted molar refractivity (Wildman–Crippen MR) is 104 cm³/mol. The molecule has 27 heavy (non-hydrogen) atoms. The van der Waals surface area contributed by atoms with Crippen molar-refractivity contribution < 1.29 is 17.9 Å². The van der Waals surface area contributed by atoms with Crippen molar-refractivity contribution in [3.8, 4) is 11.5 Å². The molecule has 0 bridgehead atoms. The Labute approximate surface area is 158 Å². The van der Waals surface area contributed by atoms with Crippen LogP contribution in [0.4, 0.5) is 0 Å². The third-order valence-corrected chi connectivity index (χ3v) is 7.07. The maximum absolute atomic E-state index is 13.1. The van der Waals surface area contributed by atoms with E-state index in [4.69, 9.17) is 9.47 Å². The summed E-state index contributed by atoms with van der Waals surface area (Å²) in [6.45, 7) is 0.972. The van der Waals surface area contributed by atoms with Crippen LogP contribution in [0.1, 0.15) is 17.9 Å². The van der Waals surface area contributed by atoms with Crippen LogP contribution in [0, 0.1) is 0 Å². The van der Waals surface area contributed by atoms with E-state index in [1.165, 1.54) is 25.8 Å². The summed E-state index contributed by atoms with van der Waals surface area (Å²) in [5.74, 6) is 1.09. The fourth-order valence-corrected chi connectivity index (χ4v) is 5.27. The monoisotopic (exact) mass is 386 g/mol. The second-order valence-corrected chi connectivity index (χ2v) is 8.59. The molecule has 0 aliphatic carbocycles. The van der Waals surface area contributed by atoms with E-state index in [-0.39, 0.29) is 10.8 Å². The standard InChI is InChI=1S/C20H22N2O4S/c1-25-19-8-7-15(11-20(19)26-2)27(23,24)22-10-9-14(13-22)17-12-21-18-6-4-3-5-16(17)18/h3-8,11-12,14,21H,9-10,13H2,1-2H3. The molecule has 0 spiro atoms. The van der Waals surface area contributed by atoms with E-state index in [1.54, 1.807) is 16.4 Å². The van der Waals surface area contributed by atoms with E-state index in [2.05, 4.69) is 11.1 Å². The third kappa shape index (κ3) is 3.07. The molecule has 1 N–H and O–H groups in total. The first-order valence-corrected chi connectivity index (χ1v) is 10.3. The Hall–Kier alpha value is -2.51. The van der Waals surface area contributed by atoms with Gasteiger partial charge in [0.15, 0.2) is 11.5 Å². The topological polar surface area (TPSA) is 71.6 Å². The Balaban J connectivity index is 1.61. The van der Waals surface area contributed by atoms with Crippen LogP contribution >= 0.6 is 0 Å². The van der Waals surface area contributed by atoms with Gasteiger partial charge in [0.25, 0.3) is 0 Å². The molecule has 0 radical (unpaired) electrons. The number of hydrogen-bond donors (Lipinski definition) is 1. The molecule has 2 aromatic carbocycles. The highest BCUT2D eigenvalue weighted by Crippen LogP contribution is 2.36. The molecule has 0 amide bonds. The van der Waals surface area contributed by atoms with Gasteiger partial charge in [-0.1, -0.05) is 18.2 Å². The number of benzene rings is 2. The Bertz CT molecular complexity index is 1070. The molecule has 2 heterocycles. The highest BCUT2D eigenvalue weighted by molar-refractivity contribution is 7.89. The fourth-order valence-electron chi connectivity index (χ4n) is 3.76. The summed E-state index contributed by atoms with van der Waals surface area (Å²) in [5.41, 5.74) is 2.25. The van der Waals surface area contributed by atoms with Gasteiger partial charge in [0.1, 0.15) is 0 Å². The van der Waals surface area contributed by atoms with Crippen LogP contribution in [-0.2, 0) is 10.0 Å². The molecule has 1 aromatic heterocycles. The van der Waals surface area contributed by atoms with Crippen molar-refractivity contribution in [2.24, 2.45) is 0 Å². The minimum Gasteiger partial charge on any atom is -0.493 e. The minimum atomic E-state index is -3.59. The smallest absolute Gasteiger partial charge is 0.243 e. The van der Waals surface area contributed by atoms with Crippen LogP contribution in [-0.4, -0.2) is 45.0 Å². The second-order valence-electron chi connectivity index (χ2n) is 6.66. The van der Waals surface area contributed by atoms with Crippen molar-refractivity contribution in [3.63, 3.8) is 0 Å². The summed E-state index contributed by atoms with van der Waals surface area (Å²) in [4.78, 5) is 3.50. The first-order chi connectivity index (χ1) is 13.0. The molecule has 1 aliphatic heterocycles. The van der Waals surface area contributed by atoms with Gasteiger partial charge in [0, 0.05) is 42.2 Å². The highest BCUT2D eigenvalue weighted by Gasteiger charge is 2.34. The van der Waals surface area contributed by atoms with Gasteiger partial charge in [-0.05, 0) is 30.2 Å². The van der Waals surface area contributed by atoms with E-state index in [9.17, 15) is 8.42 Å². The van der Waals surface area contributed by atoms with Crippen LogP contribution in [0.3, 0.4) is 0 Å². The van der Waals surface area contributed by atoms with E-state index in [1.807, 2.05) is 24.4 Å². The molecule has 1 saturated heterocycles. The second kappa shape index (κ2) is 6.90. The van der Waals surface area contributed by atoms with E-state index in [0.717, 1.165) is 17.3 Å². The van der Waals surface area contributed by atoms with Gasteiger partial charge in [-0.3, -0.25) is 0 Å². The Morgan fingerprint density at radius 2 is 1.85 bits per heavy atom. The summed E-state index contributed by atoms with van der Waals surface area (Å²) in [5, 5.41) is 1.16. The maximum Gasteiger partial charge on any atom is 0.243 e. The number of nitrogens with one attached hydrogen (secondary N) is 1. The van der Waals surface area contributed by atoms with Crippen LogP contribution in [0.25, 0.3) is 10.9 Å². The molecule has 7 heteroatoms. The normalized spacial score (nSPS) is 18.1. The number of rotatable bonds is 5. The van der Waals surface area contributed by atoms with Gasteiger partial charge in [-0.2, -0.15) is 4.31 Å². The van der Waals surface area contributed by atoms with E-state index in [0.29, 0.717) is 24.6 Å². The first-order valence-electron chi connectivity index (χ1n) is 8.83. The molecular weight excluding hydrogens is 364 g/mol. The zero-order valence-electron chi connectivity index (χ0n) is 15.3. The predicted octanol–water partition coefficient (Wildman–Crippen LogP) is 3.36. The summed E-state index contributed by atoms with van der Waals surface area (Å²) in [6.07, 6.45) is 2.80.